The summed E-state index contributed by atoms with van der Waals surface area (Å²) in [7, 11) is 0. The van der Waals surface area contributed by atoms with Gasteiger partial charge >= 0.3 is 0 Å². The van der Waals surface area contributed by atoms with Crippen LogP contribution in [-0.2, 0) is 12.8 Å². The van der Waals surface area contributed by atoms with Gasteiger partial charge in [-0.15, -0.1) is 11.3 Å². The predicted octanol–water partition coefficient (Wildman–Crippen LogP) is 4.74. The molecule has 0 unspecified atom stereocenters. The molecule has 0 bridgehead atoms. The number of thiophene rings is 1. The van der Waals surface area contributed by atoms with E-state index in [-0.39, 0.29) is 5.56 Å². The third-order valence-electron chi connectivity index (χ3n) is 4.41. The molecular formula is C19H20N2OS2. The molecule has 4 rings (SSSR count). The molecule has 1 aliphatic rings. The third kappa shape index (κ3) is 2.50. The molecule has 0 fully saturated rings. The average Bonchev–Trinajstić information content (AvgIpc) is 3.08. The number of rotatable bonds is 3. The molecule has 3 nitrogen and oxygen atoms in total. The standard InChI is InChI=1S/C19H20N2OS2/c1-11(2)23-19-20-17-16(13-8-6-10-15(13)24-17)18(22)21(19)14-9-5-4-7-12(14)3/h4-5,7,9,11H,6,8,10H2,1-3H3. The Kier molecular flexibility index (Phi) is 4.01. The zero-order valence-corrected chi connectivity index (χ0v) is 15.8. The normalized spacial score (nSPS) is 13.8. The van der Waals surface area contributed by atoms with Gasteiger partial charge in [0, 0.05) is 10.1 Å². The van der Waals surface area contributed by atoms with Crippen molar-refractivity contribution >= 4 is 33.3 Å². The van der Waals surface area contributed by atoms with Crippen LogP contribution in [0.25, 0.3) is 15.9 Å². The van der Waals surface area contributed by atoms with Crippen molar-refractivity contribution in [2.24, 2.45) is 0 Å². The topological polar surface area (TPSA) is 34.9 Å². The molecule has 0 atom stereocenters. The Bertz CT molecular complexity index is 985. The molecule has 0 aliphatic heterocycles. The highest BCUT2D eigenvalue weighted by atomic mass is 32.2. The van der Waals surface area contributed by atoms with Crippen LogP contribution in [0, 0.1) is 6.92 Å². The van der Waals surface area contributed by atoms with E-state index >= 15 is 0 Å². The second-order valence-corrected chi connectivity index (χ2v) is 9.15. The van der Waals surface area contributed by atoms with Crippen molar-refractivity contribution in [2.45, 2.75) is 50.4 Å². The van der Waals surface area contributed by atoms with Gasteiger partial charge in [0.15, 0.2) is 5.16 Å². The number of fused-ring (bicyclic) bond motifs is 3. The van der Waals surface area contributed by atoms with Crippen molar-refractivity contribution < 1.29 is 0 Å². The van der Waals surface area contributed by atoms with Crippen LogP contribution in [0.3, 0.4) is 0 Å². The molecule has 1 aromatic carbocycles. The van der Waals surface area contributed by atoms with E-state index in [9.17, 15) is 4.79 Å². The van der Waals surface area contributed by atoms with Crippen molar-refractivity contribution in [1.82, 2.24) is 9.55 Å². The summed E-state index contributed by atoms with van der Waals surface area (Å²) in [5, 5.41) is 2.03. The minimum atomic E-state index is 0.0943. The number of para-hydroxylation sites is 1. The Labute approximate surface area is 149 Å². The van der Waals surface area contributed by atoms with Crippen LogP contribution in [-0.4, -0.2) is 14.8 Å². The van der Waals surface area contributed by atoms with Gasteiger partial charge in [0.05, 0.1) is 11.1 Å². The zero-order valence-electron chi connectivity index (χ0n) is 14.1. The maximum Gasteiger partial charge on any atom is 0.267 e. The fourth-order valence-electron chi connectivity index (χ4n) is 3.34. The van der Waals surface area contributed by atoms with Crippen LogP contribution in [0.15, 0.2) is 34.2 Å². The van der Waals surface area contributed by atoms with Gasteiger partial charge in [-0.25, -0.2) is 4.98 Å². The Hall–Kier alpha value is -1.59. The van der Waals surface area contributed by atoms with Gasteiger partial charge < -0.3 is 0 Å². The molecule has 0 saturated heterocycles. The summed E-state index contributed by atoms with van der Waals surface area (Å²) < 4.78 is 1.83. The van der Waals surface area contributed by atoms with Gasteiger partial charge in [0.2, 0.25) is 0 Å². The van der Waals surface area contributed by atoms with E-state index in [2.05, 4.69) is 13.8 Å². The summed E-state index contributed by atoms with van der Waals surface area (Å²) in [5.74, 6) is 0. The van der Waals surface area contributed by atoms with Crippen LogP contribution in [0.2, 0.25) is 0 Å². The number of benzene rings is 1. The monoisotopic (exact) mass is 356 g/mol. The maximum atomic E-state index is 13.4. The first kappa shape index (κ1) is 15.9. The van der Waals surface area contributed by atoms with Crippen molar-refractivity contribution in [3.05, 3.63) is 50.6 Å². The number of hydrogen-bond acceptors (Lipinski definition) is 4. The Morgan fingerprint density at radius 1 is 1.25 bits per heavy atom. The summed E-state index contributed by atoms with van der Waals surface area (Å²) in [6.07, 6.45) is 3.26. The van der Waals surface area contributed by atoms with Crippen LogP contribution in [0.1, 0.15) is 36.3 Å². The molecule has 3 aromatic rings. The zero-order chi connectivity index (χ0) is 16.8. The second kappa shape index (κ2) is 6.05. The molecule has 1 aliphatic carbocycles. The molecule has 0 amide bonds. The van der Waals surface area contributed by atoms with Gasteiger partial charge in [-0.05, 0) is 43.4 Å². The third-order valence-corrected chi connectivity index (χ3v) is 6.55. The molecule has 24 heavy (non-hydrogen) atoms. The molecule has 2 heterocycles. The lowest BCUT2D eigenvalue weighted by Gasteiger charge is -2.15. The van der Waals surface area contributed by atoms with Crippen molar-refractivity contribution in [3.8, 4) is 5.69 Å². The number of hydrogen-bond donors (Lipinski definition) is 0. The molecule has 0 saturated carbocycles. The van der Waals surface area contributed by atoms with Crippen molar-refractivity contribution in [1.29, 1.82) is 0 Å². The van der Waals surface area contributed by atoms with E-state index in [1.54, 1.807) is 23.1 Å². The lowest BCUT2D eigenvalue weighted by molar-refractivity contribution is 0.811. The van der Waals surface area contributed by atoms with Gasteiger partial charge in [0.25, 0.3) is 5.56 Å². The summed E-state index contributed by atoms with van der Waals surface area (Å²) in [6.45, 7) is 6.32. The van der Waals surface area contributed by atoms with E-state index in [4.69, 9.17) is 4.98 Å². The van der Waals surface area contributed by atoms with E-state index in [0.29, 0.717) is 5.25 Å². The highest BCUT2D eigenvalue weighted by Crippen LogP contribution is 2.36. The van der Waals surface area contributed by atoms with Gasteiger partial charge in [-0.2, -0.15) is 0 Å². The summed E-state index contributed by atoms with van der Waals surface area (Å²) in [5.41, 5.74) is 3.38. The molecule has 2 aromatic heterocycles. The van der Waals surface area contributed by atoms with Crippen LogP contribution < -0.4 is 5.56 Å². The number of nitrogens with zero attached hydrogens (tertiary/aromatic N) is 2. The first-order valence-corrected chi connectivity index (χ1v) is 10.1. The maximum absolute atomic E-state index is 13.4. The molecule has 0 radical (unpaired) electrons. The summed E-state index contributed by atoms with van der Waals surface area (Å²) >= 11 is 3.37. The lowest BCUT2D eigenvalue weighted by Crippen LogP contribution is -2.23. The van der Waals surface area contributed by atoms with Crippen LogP contribution in [0.5, 0.6) is 0 Å². The Balaban J connectivity index is 2.07. The lowest BCUT2D eigenvalue weighted by atomic mass is 10.2. The smallest absolute Gasteiger partial charge is 0.267 e. The number of aromatic nitrogens is 2. The molecule has 124 valence electrons. The van der Waals surface area contributed by atoms with Crippen molar-refractivity contribution in [2.75, 3.05) is 0 Å². The predicted molar refractivity (Wildman–Crippen MR) is 103 cm³/mol. The van der Waals surface area contributed by atoms with E-state index in [1.807, 2.05) is 35.8 Å². The Morgan fingerprint density at radius 3 is 2.79 bits per heavy atom. The van der Waals surface area contributed by atoms with E-state index in [0.717, 1.165) is 45.9 Å². The SMILES string of the molecule is Cc1ccccc1-n1c(SC(C)C)nc2sc3c(c2c1=O)CCC3. The van der Waals surface area contributed by atoms with E-state index < -0.39 is 0 Å². The molecular weight excluding hydrogens is 336 g/mol. The minimum Gasteiger partial charge on any atom is -0.268 e. The fourth-order valence-corrected chi connectivity index (χ4v) is 5.50. The highest BCUT2D eigenvalue weighted by molar-refractivity contribution is 7.99. The second-order valence-electron chi connectivity index (χ2n) is 6.53. The quantitative estimate of drug-likeness (QED) is 0.502. The molecule has 0 spiro atoms. The fraction of sp³-hybridized carbons (Fsp3) is 0.368. The molecule has 5 heteroatoms. The first-order valence-electron chi connectivity index (χ1n) is 8.36. The van der Waals surface area contributed by atoms with Crippen LogP contribution in [0.4, 0.5) is 0 Å². The van der Waals surface area contributed by atoms with Crippen molar-refractivity contribution in [3.63, 3.8) is 0 Å². The summed E-state index contributed by atoms with van der Waals surface area (Å²) in [4.78, 5) is 20.6. The average molecular weight is 357 g/mol. The highest BCUT2D eigenvalue weighted by Gasteiger charge is 2.24. The number of thioether (sulfide) groups is 1. The van der Waals surface area contributed by atoms with Crippen LogP contribution >= 0.6 is 23.1 Å². The van der Waals surface area contributed by atoms with E-state index in [1.165, 1.54) is 10.4 Å². The van der Waals surface area contributed by atoms with Gasteiger partial charge in [-0.1, -0.05) is 43.8 Å². The van der Waals surface area contributed by atoms with Gasteiger partial charge in [-0.3, -0.25) is 9.36 Å². The largest absolute Gasteiger partial charge is 0.268 e. The first-order chi connectivity index (χ1) is 11.6. The molecule has 0 N–H and O–H groups in total. The summed E-state index contributed by atoms with van der Waals surface area (Å²) in [6, 6.07) is 8.06. The Morgan fingerprint density at radius 2 is 2.04 bits per heavy atom. The minimum absolute atomic E-state index is 0.0943. The van der Waals surface area contributed by atoms with Gasteiger partial charge in [0.1, 0.15) is 4.83 Å². The number of aryl methyl sites for hydroxylation is 3.